The van der Waals surface area contributed by atoms with Crippen LogP contribution in [0.3, 0.4) is 0 Å². The summed E-state index contributed by atoms with van der Waals surface area (Å²) >= 11 is 0. The molecule has 1 aromatic heterocycles. The van der Waals surface area contributed by atoms with Crippen LogP contribution in [0.1, 0.15) is 0 Å². The van der Waals surface area contributed by atoms with Crippen LogP contribution in [0.2, 0.25) is 0 Å². The Morgan fingerprint density at radius 3 is 1.92 bits per heavy atom. The SMILES string of the molecule is CS(=O)(=O)[O-].N[n+]1ccncc1. The molecule has 1 rings (SSSR count). The van der Waals surface area contributed by atoms with E-state index in [-0.39, 0.29) is 0 Å². The zero-order valence-electron chi connectivity index (χ0n) is 6.41. The molecule has 1 heterocycles. The first-order chi connectivity index (χ1) is 5.39. The smallest absolute Gasteiger partial charge is 0.217 e. The van der Waals surface area contributed by atoms with E-state index in [1.807, 2.05) is 0 Å². The maximum atomic E-state index is 9.08. The van der Waals surface area contributed by atoms with Crippen LogP contribution in [0.5, 0.6) is 0 Å². The highest BCUT2D eigenvalue weighted by molar-refractivity contribution is 7.84. The van der Waals surface area contributed by atoms with Crippen molar-refractivity contribution in [1.29, 1.82) is 0 Å². The van der Waals surface area contributed by atoms with Gasteiger partial charge in [-0.1, -0.05) is 4.68 Å². The summed E-state index contributed by atoms with van der Waals surface area (Å²) in [5.74, 6) is 5.23. The number of hydrogen-bond donors (Lipinski definition) is 1. The highest BCUT2D eigenvalue weighted by atomic mass is 32.2. The van der Waals surface area contributed by atoms with Gasteiger partial charge in [0.05, 0.1) is 22.5 Å². The molecule has 0 radical (unpaired) electrons. The van der Waals surface area contributed by atoms with Crippen LogP contribution in [-0.4, -0.2) is 24.2 Å². The highest BCUT2D eigenvalue weighted by Gasteiger charge is 1.81. The van der Waals surface area contributed by atoms with Gasteiger partial charge in [-0.3, -0.25) is 4.98 Å². The van der Waals surface area contributed by atoms with Crippen LogP contribution < -0.4 is 10.5 Å². The molecule has 0 saturated carbocycles. The first-order valence-corrected chi connectivity index (χ1v) is 4.68. The van der Waals surface area contributed by atoms with Gasteiger partial charge in [0, 0.05) is 6.26 Å². The van der Waals surface area contributed by atoms with Gasteiger partial charge in [0.2, 0.25) is 12.4 Å². The van der Waals surface area contributed by atoms with E-state index in [0.29, 0.717) is 6.26 Å². The molecular weight excluding hydrogens is 182 g/mol. The summed E-state index contributed by atoms with van der Waals surface area (Å²) in [6.45, 7) is 0. The fraction of sp³-hybridized carbons (Fsp3) is 0.200. The molecule has 7 heteroatoms. The minimum Gasteiger partial charge on any atom is -0.748 e. The predicted octanol–water partition coefficient (Wildman–Crippen LogP) is -1.76. The van der Waals surface area contributed by atoms with Crippen molar-refractivity contribution in [2.45, 2.75) is 0 Å². The van der Waals surface area contributed by atoms with E-state index in [4.69, 9.17) is 18.8 Å². The van der Waals surface area contributed by atoms with Gasteiger partial charge in [-0.2, -0.15) is 0 Å². The number of rotatable bonds is 0. The molecule has 0 aromatic carbocycles. The van der Waals surface area contributed by atoms with E-state index in [9.17, 15) is 0 Å². The van der Waals surface area contributed by atoms with Crippen molar-refractivity contribution < 1.29 is 17.6 Å². The molecule has 0 bridgehead atoms. The lowest BCUT2D eigenvalue weighted by molar-refractivity contribution is -0.639. The van der Waals surface area contributed by atoms with Gasteiger partial charge in [-0.15, -0.1) is 0 Å². The maximum Gasteiger partial charge on any atom is 0.217 e. The van der Waals surface area contributed by atoms with E-state index < -0.39 is 10.1 Å². The Hall–Kier alpha value is -1.21. The van der Waals surface area contributed by atoms with E-state index in [0.717, 1.165) is 0 Å². The Bertz CT molecular complexity index is 302. The summed E-state index contributed by atoms with van der Waals surface area (Å²) in [5.41, 5.74) is 0. The normalized spacial score (nSPS) is 9.83. The van der Waals surface area contributed by atoms with Crippen molar-refractivity contribution in [1.82, 2.24) is 4.98 Å². The molecule has 0 aliphatic heterocycles. The second kappa shape index (κ2) is 4.62. The van der Waals surface area contributed by atoms with Crippen LogP contribution in [-0.2, 0) is 10.1 Å². The zero-order valence-corrected chi connectivity index (χ0v) is 7.23. The van der Waals surface area contributed by atoms with Crippen molar-refractivity contribution >= 4 is 10.1 Å². The number of nitrogens with two attached hydrogens (primary N) is 1. The van der Waals surface area contributed by atoms with Crippen molar-refractivity contribution in [3.05, 3.63) is 24.8 Å². The lowest BCUT2D eigenvalue weighted by Gasteiger charge is -1.90. The molecule has 0 spiro atoms. The second-order valence-corrected chi connectivity index (χ2v) is 3.30. The van der Waals surface area contributed by atoms with Crippen molar-refractivity contribution in [2.24, 2.45) is 0 Å². The van der Waals surface area contributed by atoms with E-state index >= 15 is 0 Å². The zero-order chi connectivity index (χ0) is 9.61. The van der Waals surface area contributed by atoms with Crippen LogP contribution in [0, 0.1) is 0 Å². The monoisotopic (exact) mass is 191 g/mol. The van der Waals surface area contributed by atoms with Crippen LogP contribution in [0.4, 0.5) is 0 Å². The molecule has 2 N–H and O–H groups in total. The molecular formula is C5H9N3O3S. The third-order valence-corrected chi connectivity index (χ3v) is 0.650. The van der Waals surface area contributed by atoms with E-state index in [1.165, 1.54) is 4.68 Å². The molecule has 0 atom stereocenters. The fourth-order valence-electron chi connectivity index (χ4n) is 0.330. The Morgan fingerprint density at radius 2 is 1.75 bits per heavy atom. The number of hydrogen-bond acceptors (Lipinski definition) is 5. The number of nitrogens with zero attached hydrogens (tertiary/aromatic N) is 2. The molecule has 1 aromatic rings. The number of nitrogen functional groups attached to an aromatic ring is 1. The molecule has 0 amide bonds. The van der Waals surface area contributed by atoms with Crippen molar-refractivity contribution in [2.75, 3.05) is 12.1 Å². The lowest BCUT2D eigenvalue weighted by atomic mass is 10.8. The lowest BCUT2D eigenvalue weighted by Crippen LogP contribution is -2.43. The van der Waals surface area contributed by atoms with Gasteiger partial charge in [0.1, 0.15) is 0 Å². The summed E-state index contributed by atoms with van der Waals surface area (Å²) < 4.78 is 28.7. The first-order valence-electron chi connectivity index (χ1n) is 2.87. The standard InChI is InChI=1S/C4H6N3.CH4O3S/c5-7-3-1-6-2-4-7;1-5(2,3)4/h1-4H,(H2,5,6);1H3,(H,2,3,4)/q+1;/p-1. The molecule has 0 aliphatic carbocycles. The molecule has 12 heavy (non-hydrogen) atoms. The summed E-state index contributed by atoms with van der Waals surface area (Å²) in [6, 6.07) is 0. The Morgan fingerprint density at radius 1 is 1.42 bits per heavy atom. The van der Waals surface area contributed by atoms with Crippen LogP contribution in [0.25, 0.3) is 0 Å². The van der Waals surface area contributed by atoms with Gasteiger partial charge in [-0.05, 0) is 0 Å². The maximum absolute atomic E-state index is 9.08. The molecule has 0 aliphatic rings. The average molecular weight is 191 g/mol. The number of aromatic nitrogens is 2. The van der Waals surface area contributed by atoms with Gasteiger partial charge >= 0.3 is 0 Å². The highest BCUT2D eigenvalue weighted by Crippen LogP contribution is 1.61. The minimum atomic E-state index is -3.92. The topological polar surface area (TPSA) is 100.0 Å². The van der Waals surface area contributed by atoms with Crippen LogP contribution in [0.15, 0.2) is 24.8 Å². The second-order valence-electron chi connectivity index (χ2n) is 1.90. The van der Waals surface area contributed by atoms with E-state index in [2.05, 4.69) is 4.98 Å². The third-order valence-electron chi connectivity index (χ3n) is 0.650. The van der Waals surface area contributed by atoms with E-state index in [1.54, 1.807) is 24.8 Å². The molecule has 0 unspecified atom stereocenters. The Balaban J connectivity index is 0.000000217. The summed E-state index contributed by atoms with van der Waals surface area (Å²) in [5, 5.41) is 0. The Kier molecular flexibility index (Phi) is 4.16. The quantitative estimate of drug-likeness (QED) is 0.297. The molecule has 68 valence electrons. The van der Waals surface area contributed by atoms with Gasteiger partial charge in [0.15, 0.2) is 0 Å². The molecule has 0 saturated heterocycles. The Labute approximate surface area is 70.4 Å². The molecule has 0 fully saturated rings. The summed E-state index contributed by atoms with van der Waals surface area (Å²) in [6.07, 6.45) is 7.19. The third kappa shape index (κ3) is 11.6. The largest absolute Gasteiger partial charge is 0.748 e. The fourth-order valence-corrected chi connectivity index (χ4v) is 0.330. The average Bonchev–Trinajstić information content (AvgIpc) is 1.85. The van der Waals surface area contributed by atoms with Crippen molar-refractivity contribution in [3.8, 4) is 0 Å². The van der Waals surface area contributed by atoms with Gasteiger partial charge in [0.25, 0.3) is 0 Å². The summed E-state index contributed by atoms with van der Waals surface area (Å²) in [7, 11) is -3.92. The van der Waals surface area contributed by atoms with Crippen molar-refractivity contribution in [3.63, 3.8) is 0 Å². The van der Waals surface area contributed by atoms with Gasteiger partial charge < -0.3 is 4.55 Å². The molecule has 6 nitrogen and oxygen atoms in total. The summed E-state index contributed by atoms with van der Waals surface area (Å²) in [4.78, 5) is 3.74. The van der Waals surface area contributed by atoms with Crippen LogP contribution >= 0.6 is 0 Å². The van der Waals surface area contributed by atoms with Gasteiger partial charge in [-0.25, -0.2) is 14.3 Å². The minimum absolute atomic E-state index is 0.604. The predicted molar refractivity (Wildman–Crippen MR) is 40.2 cm³/mol. The first kappa shape index (κ1) is 10.8.